The van der Waals surface area contributed by atoms with E-state index >= 15 is 0 Å². The lowest BCUT2D eigenvalue weighted by molar-refractivity contribution is -0.122. The van der Waals surface area contributed by atoms with Crippen LogP contribution in [0.15, 0.2) is 54.6 Å². The summed E-state index contributed by atoms with van der Waals surface area (Å²) in [5.74, 6) is -0.543. The predicted octanol–water partition coefficient (Wildman–Crippen LogP) is 2.79. The number of ether oxygens (including phenoxy) is 1. The third-order valence-electron chi connectivity index (χ3n) is 5.17. The molecule has 2 aromatic rings. The van der Waals surface area contributed by atoms with Crippen LogP contribution in [0, 0.1) is 0 Å². The molecule has 0 saturated carbocycles. The number of amides is 2. The molecular weight excluding hydrogens is 354 g/mol. The molecule has 0 bridgehead atoms. The van der Waals surface area contributed by atoms with Crippen LogP contribution in [0.25, 0.3) is 0 Å². The quantitative estimate of drug-likeness (QED) is 0.772. The van der Waals surface area contributed by atoms with Crippen molar-refractivity contribution in [3.8, 4) is 0 Å². The molecule has 6 nitrogen and oxygen atoms in total. The summed E-state index contributed by atoms with van der Waals surface area (Å²) < 4.78 is 6.02. The third kappa shape index (κ3) is 5.41. The Morgan fingerprint density at radius 3 is 2.36 bits per heavy atom. The van der Waals surface area contributed by atoms with Crippen LogP contribution in [0.1, 0.15) is 35.7 Å². The zero-order chi connectivity index (χ0) is 19.9. The smallest absolute Gasteiger partial charge is 0.248 e. The molecule has 3 rings (SSSR count). The van der Waals surface area contributed by atoms with Crippen molar-refractivity contribution in [1.29, 1.82) is 0 Å². The summed E-state index contributed by atoms with van der Waals surface area (Å²) in [7, 11) is 0. The molecule has 1 saturated heterocycles. The van der Waals surface area contributed by atoms with Crippen LogP contribution >= 0.6 is 0 Å². The molecule has 1 atom stereocenters. The van der Waals surface area contributed by atoms with Gasteiger partial charge in [0.2, 0.25) is 11.8 Å². The predicted molar refractivity (Wildman–Crippen MR) is 109 cm³/mol. The van der Waals surface area contributed by atoms with Gasteiger partial charge in [0.1, 0.15) is 0 Å². The first-order chi connectivity index (χ1) is 13.5. The van der Waals surface area contributed by atoms with Crippen LogP contribution < -0.4 is 11.1 Å². The molecule has 0 spiro atoms. The molecular formula is C22H27N3O3. The molecule has 2 aromatic carbocycles. The number of likely N-dealkylation sites (tertiary alicyclic amines) is 1. The Morgan fingerprint density at radius 1 is 1.11 bits per heavy atom. The summed E-state index contributed by atoms with van der Waals surface area (Å²) in [6, 6.07) is 16.5. The molecule has 28 heavy (non-hydrogen) atoms. The Bertz CT molecular complexity index is 784. The Hall–Kier alpha value is -2.70. The molecule has 148 valence electrons. The van der Waals surface area contributed by atoms with Gasteiger partial charge in [-0.05, 0) is 49.6 Å². The number of carbonyl (C=O) groups is 2. The maximum atomic E-state index is 12.5. The number of hydrogen-bond donors (Lipinski definition) is 2. The lowest BCUT2D eigenvalue weighted by Crippen LogP contribution is -2.47. The van der Waals surface area contributed by atoms with E-state index in [-0.39, 0.29) is 18.1 Å². The van der Waals surface area contributed by atoms with Gasteiger partial charge in [-0.2, -0.15) is 0 Å². The molecule has 1 unspecified atom stereocenters. The van der Waals surface area contributed by atoms with Crippen LogP contribution in [0.3, 0.4) is 0 Å². The van der Waals surface area contributed by atoms with Gasteiger partial charge in [0.05, 0.1) is 18.8 Å². The standard InChI is InChI=1S/C22H27N3O3/c1-16(22(27)24-19-9-7-18(8-10-19)21(23)26)25-13-11-20(12-14-25)28-15-17-5-3-2-4-6-17/h2-10,16,20H,11-15H2,1H3,(H2,23,26)(H,24,27). The van der Waals surface area contributed by atoms with Crippen molar-refractivity contribution in [3.63, 3.8) is 0 Å². The zero-order valence-electron chi connectivity index (χ0n) is 16.1. The van der Waals surface area contributed by atoms with Gasteiger partial charge in [-0.3, -0.25) is 14.5 Å². The van der Waals surface area contributed by atoms with Gasteiger partial charge >= 0.3 is 0 Å². The highest BCUT2D eigenvalue weighted by Crippen LogP contribution is 2.19. The summed E-state index contributed by atoms with van der Waals surface area (Å²) in [4.78, 5) is 25.8. The molecule has 1 aliphatic rings. The molecule has 6 heteroatoms. The van der Waals surface area contributed by atoms with Crippen molar-refractivity contribution >= 4 is 17.5 Å². The minimum absolute atomic E-state index is 0.0597. The van der Waals surface area contributed by atoms with Crippen molar-refractivity contribution in [2.24, 2.45) is 5.73 Å². The number of benzene rings is 2. The Kier molecular flexibility index (Phi) is 6.79. The highest BCUT2D eigenvalue weighted by molar-refractivity contribution is 5.96. The first-order valence-electron chi connectivity index (χ1n) is 9.63. The van der Waals surface area contributed by atoms with E-state index in [1.807, 2.05) is 25.1 Å². The zero-order valence-corrected chi connectivity index (χ0v) is 16.1. The highest BCUT2D eigenvalue weighted by Gasteiger charge is 2.27. The van der Waals surface area contributed by atoms with Gasteiger partial charge < -0.3 is 15.8 Å². The van der Waals surface area contributed by atoms with Gasteiger partial charge in [0.25, 0.3) is 0 Å². The Balaban J connectivity index is 1.44. The van der Waals surface area contributed by atoms with E-state index in [0.717, 1.165) is 25.9 Å². The average molecular weight is 381 g/mol. The third-order valence-corrected chi connectivity index (χ3v) is 5.17. The molecule has 1 heterocycles. The van der Waals surface area contributed by atoms with Crippen LogP contribution in [-0.4, -0.2) is 41.9 Å². The van der Waals surface area contributed by atoms with Crippen LogP contribution in [0.5, 0.6) is 0 Å². The van der Waals surface area contributed by atoms with E-state index in [9.17, 15) is 9.59 Å². The van der Waals surface area contributed by atoms with E-state index < -0.39 is 5.91 Å². The second-order valence-corrected chi connectivity index (χ2v) is 7.14. The second-order valence-electron chi connectivity index (χ2n) is 7.14. The largest absolute Gasteiger partial charge is 0.373 e. The second kappa shape index (κ2) is 9.48. The van der Waals surface area contributed by atoms with Crippen molar-refractivity contribution in [3.05, 3.63) is 65.7 Å². The van der Waals surface area contributed by atoms with Crippen LogP contribution in [0.4, 0.5) is 5.69 Å². The first-order valence-corrected chi connectivity index (χ1v) is 9.63. The number of anilines is 1. The normalized spacial score (nSPS) is 16.5. The number of nitrogens with one attached hydrogen (secondary N) is 1. The summed E-state index contributed by atoms with van der Waals surface area (Å²) in [5.41, 5.74) is 7.49. The SMILES string of the molecule is CC(C(=O)Nc1ccc(C(N)=O)cc1)N1CCC(OCc2ccccc2)CC1. The van der Waals surface area contributed by atoms with Gasteiger partial charge in [0, 0.05) is 24.3 Å². The van der Waals surface area contributed by atoms with E-state index in [1.54, 1.807) is 24.3 Å². The highest BCUT2D eigenvalue weighted by atomic mass is 16.5. The number of primary amides is 1. The first kappa shape index (κ1) is 20.0. The van der Waals surface area contributed by atoms with Gasteiger partial charge in [-0.15, -0.1) is 0 Å². The van der Waals surface area contributed by atoms with Crippen molar-refractivity contribution in [1.82, 2.24) is 4.90 Å². The number of carbonyl (C=O) groups excluding carboxylic acids is 2. The van der Waals surface area contributed by atoms with E-state index in [1.165, 1.54) is 5.56 Å². The molecule has 0 aromatic heterocycles. The van der Waals surface area contributed by atoms with E-state index in [0.29, 0.717) is 17.9 Å². The number of nitrogens with two attached hydrogens (primary N) is 1. The molecule has 0 radical (unpaired) electrons. The molecule has 3 N–H and O–H groups in total. The molecule has 1 fully saturated rings. The van der Waals surface area contributed by atoms with Gasteiger partial charge in [0.15, 0.2) is 0 Å². The molecule has 2 amide bonds. The van der Waals surface area contributed by atoms with E-state index in [4.69, 9.17) is 10.5 Å². The molecule has 1 aliphatic heterocycles. The Morgan fingerprint density at radius 2 is 1.75 bits per heavy atom. The summed E-state index contributed by atoms with van der Waals surface area (Å²) in [5, 5.41) is 2.90. The molecule has 0 aliphatic carbocycles. The fraction of sp³-hybridized carbons (Fsp3) is 0.364. The number of nitrogens with zero attached hydrogens (tertiary/aromatic N) is 1. The summed E-state index contributed by atoms with van der Waals surface area (Å²) in [6.45, 7) is 4.20. The maximum absolute atomic E-state index is 12.5. The van der Waals surface area contributed by atoms with Crippen molar-refractivity contribution in [2.75, 3.05) is 18.4 Å². The summed E-state index contributed by atoms with van der Waals surface area (Å²) >= 11 is 0. The number of rotatable bonds is 7. The Labute approximate surface area is 165 Å². The lowest BCUT2D eigenvalue weighted by Gasteiger charge is -2.35. The lowest BCUT2D eigenvalue weighted by atomic mass is 10.1. The minimum Gasteiger partial charge on any atom is -0.373 e. The van der Waals surface area contributed by atoms with Crippen LogP contribution in [0.2, 0.25) is 0 Å². The monoisotopic (exact) mass is 381 g/mol. The fourth-order valence-corrected chi connectivity index (χ4v) is 3.35. The number of piperidine rings is 1. The van der Waals surface area contributed by atoms with Crippen molar-refractivity contribution < 1.29 is 14.3 Å². The maximum Gasteiger partial charge on any atom is 0.248 e. The van der Waals surface area contributed by atoms with Gasteiger partial charge in [-0.25, -0.2) is 0 Å². The van der Waals surface area contributed by atoms with Gasteiger partial charge in [-0.1, -0.05) is 30.3 Å². The summed E-state index contributed by atoms with van der Waals surface area (Å²) in [6.07, 6.45) is 2.06. The fourth-order valence-electron chi connectivity index (χ4n) is 3.35. The minimum atomic E-state index is -0.483. The number of hydrogen-bond acceptors (Lipinski definition) is 4. The van der Waals surface area contributed by atoms with E-state index in [2.05, 4.69) is 22.3 Å². The topological polar surface area (TPSA) is 84.7 Å². The van der Waals surface area contributed by atoms with Crippen molar-refractivity contribution in [2.45, 2.75) is 38.5 Å². The van der Waals surface area contributed by atoms with Crippen LogP contribution in [-0.2, 0) is 16.1 Å². The average Bonchev–Trinajstić information content (AvgIpc) is 2.73.